The van der Waals surface area contributed by atoms with Gasteiger partial charge < -0.3 is 4.74 Å². The van der Waals surface area contributed by atoms with Crippen molar-refractivity contribution in [1.29, 1.82) is 0 Å². The van der Waals surface area contributed by atoms with Crippen LogP contribution in [0, 0.1) is 13.8 Å². The van der Waals surface area contributed by atoms with Gasteiger partial charge in [-0.15, -0.1) is 0 Å². The average molecular weight is 468 g/mol. The van der Waals surface area contributed by atoms with Crippen LogP contribution < -0.4 is 0 Å². The monoisotopic (exact) mass is 467 g/mol. The lowest BCUT2D eigenvalue weighted by molar-refractivity contribution is -0.147. The molecule has 2 aromatic carbocycles. The van der Waals surface area contributed by atoms with E-state index in [1.54, 1.807) is 31.2 Å². The zero-order chi connectivity index (χ0) is 22.8. The summed E-state index contributed by atoms with van der Waals surface area (Å²) in [5.74, 6) is -0.739. The fourth-order valence-electron chi connectivity index (χ4n) is 3.34. The van der Waals surface area contributed by atoms with Gasteiger partial charge in [0.2, 0.25) is 10.0 Å². The number of hydrogen-bond acceptors (Lipinski definition) is 7. The maximum absolute atomic E-state index is 13.2. The summed E-state index contributed by atoms with van der Waals surface area (Å²) in [6.45, 7) is 5.05. The van der Waals surface area contributed by atoms with Crippen molar-refractivity contribution in [3.05, 3.63) is 59.7 Å². The standard InChI is InChI=1S/C21H25NO7S2/c1-4-28-21(23)20-13-17(29-31(26,27)19-11-7-16(3)8-12-19)14-22(20)30(24,25)18-9-5-15(2)6-10-18/h5-12,17,20H,4,13-14H2,1-3H3/t17-,20+/m0/s1. The Kier molecular flexibility index (Phi) is 6.85. The Bertz CT molecular complexity index is 1140. The smallest absolute Gasteiger partial charge is 0.324 e. The molecule has 1 aliphatic rings. The van der Waals surface area contributed by atoms with Crippen LogP contribution in [0.1, 0.15) is 24.5 Å². The summed E-state index contributed by atoms with van der Waals surface area (Å²) in [5.41, 5.74) is 1.77. The molecule has 8 nitrogen and oxygen atoms in total. The summed E-state index contributed by atoms with van der Waals surface area (Å²) in [7, 11) is -8.20. The molecule has 0 radical (unpaired) electrons. The Morgan fingerprint density at radius 3 is 1.97 bits per heavy atom. The Balaban J connectivity index is 1.89. The molecule has 1 saturated heterocycles. The van der Waals surface area contributed by atoms with Crippen molar-refractivity contribution >= 4 is 26.1 Å². The van der Waals surface area contributed by atoms with Crippen LogP contribution in [0.2, 0.25) is 0 Å². The second-order valence-electron chi connectivity index (χ2n) is 7.38. The molecule has 168 valence electrons. The van der Waals surface area contributed by atoms with Crippen LogP contribution >= 0.6 is 0 Å². The number of aryl methyl sites for hydroxylation is 2. The Hall–Kier alpha value is -2.27. The molecule has 0 aliphatic carbocycles. The molecule has 1 heterocycles. The van der Waals surface area contributed by atoms with Gasteiger partial charge in [-0.05, 0) is 45.0 Å². The first-order valence-corrected chi connectivity index (χ1v) is 12.6. The van der Waals surface area contributed by atoms with Crippen molar-refractivity contribution in [2.75, 3.05) is 13.2 Å². The van der Waals surface area contributed by atoms with Crippen LogP contribution in [0.25, 0.3) is 0 Å². The Labute approximate surface area is 183 Å². The van der Waals surface area contributed by atoms with Gasteiger partial charge in [0.15, 0.2) is 0 Å². The van der Waals surface area contributed by atoms with Crippen LogP contribution in [-0.2, 0) is 33.9 Å². The van der Waals surface area contributed by atoms with Crippen molar-refractivity contribution in [2.24, 2.45) is 0 Å². The van der Waals surface area contributed by atoms with E-state index in [0.29, 0.717) is 0 Å². The fourth-order valence-corrected chi connectivity index (χ4v) is 6.04. The van der Waals surface area contributed by atoms with E-state index in [0.717, 1.165) is 15.4 Å². The number of benzene rings is 2. The van der Waals surface area contributed by atoms with E-state index in [1.807, 2.05) is 13.8 Å². The minimum atomic E-state index is -4.13. The highest BCUT2D eigenvalue weighted by Crippen LogP contribution is 2.30. The summed E-state index contributed by atoms with van der Waals surface area (Å²) in [5, 5.41) is 0. The van der Waals surface area contributed by atoms with Gasteiger partial charge in [0, 0.05) is 13.0 Å². The quantitative estimate of drug-likeness (QED) is 0.455. The van der Waals surface area contributed by atoms with Gasteiger partial charge in [-0.2, -0.15) is 12.7 Å². The average Bonchev–Trinajstić information content (AvgIpc) is 3.13. The maximum atomic E-state index is 13.2. The van der Waals surface area contributed by atoms with E-state index in [4.69, 9.17) is 8.92 Å². The SMILES string of the molecule is CCOC(=O)[C@H]1C[C@H](OS(=O)(=O)c2ccc(C)cc2)CN1S(=O)(=O)c1ccc(C)cc1. The van der Waals surface area contributed by atoms with Crippen LogP contribution in [0.5, 0.6) is 0 Å². The summed E-state index contributed by atoms with van der Waals surface area (Å²) in [6.07, 6.45) is -1.16. The molecule has 0 spiro atoms. The van der Waals surface area contributed by atoms with E-state index in [-0.39, 0.29) is 29.4 Å². The molecule has 2 atom stereocenters. The van der Waals surface area contributed by atoms with Gasteiger partial charge in [0.25, 0.3) is 10.1 Å². The predicted octanol–water partition coefficient (Wildman–Crippen LogP) is 2.40. The van der Waals surface area contributed by atoms with E-state index in [1.165, 1.54) is 24.3 Å². The molecule has 0 N–H and O–H groups in total. The topological polar surface area (TPSA) is 107 Å². The molecule has 31 heavy (non-hydrogen) atoms. The maximum Gasteiger partial charge on any atom is 0.324 e. The molecule has 0 amide bonds. The third-order valence-electron chi connectivity index (χ3n) is 4.98. The molecule has 0 saturated carbocycles. The molecule has 1 aliphatic heterocycles. The van der Waals surface area contributed by atoms with Crippen molar-refractivity contribution in [2.45, 2.75) is 49.1 Å². The van der Waals surface area contributed by atoms with Gasteiger partial charge in [-0.1, -0.05) is 35.4 Å². The Morgan fingerprint density at radius 2 is 1.45 bits per heavy atom. The van der Waals surface area contributed by atoms with Crippen LogP contribution in [0.3, 0.4) is 0 Å². The van der Waals surface area contributed by atoms with Gasteiger partial charge in [-0.3, -0.25) is 8.98 Å². The predicted molar refractivity (Wildman–Crippen MR) is 113 cm³/mol. The van der Waals surface area contributed by atoms with Crippen LogP contribution in [0.4, 0.5) is 0 Å². The number of hydrogen-bond donors (Lipinski definition) is 0. The Morgan fingerprint density at radius 1 is 0.935 bits per heavy atom. The fraction of sp³-hybridized carbons (Fsp3) is 0.381. The molecule has 0 unspecified atom stereocenters. The largest absolute Gasteiger partial charge is 0.465 e. The van der Waals surface area contributed by atoms with Crippen LogP contribution in [-0.4, -0.2) is 52.4 Å². The molecule has 3 rings (SSSR count). The summed E-state index contributed by atoms with van der Waals surface area (Å²) >= 11 is 0. The van der Waals surface area contributed by atoms with Gasteiger partial charge in [0.1, 0.15) is 6.04 Å². The third-order valence-corrected chi connectivity index (χ3v) is 8.24. The molecule has 0 bridgehead atoms. The molecular formula is C21H25NO7S2. The zero-order valence-electron chi connectivity index (χ0n) is 17.5. The zero-order valence-corrected chi connectivity index (χ0v) is 19.1. The van der Waals surface area contributed by atoms with Crippen molar-refractivity contribution in [3.8, 4) is 0 Å². The summed E-state index contributed by atoms with van der Waals surface area (Å²) in [6, 6.07) is 11.1. The molecule has 0 aromatic heterocycles. The molecule has 10 heteroatoms. The number of rotatable bonds is 7. The van der Waals surface area contributed by atoms with Crippen molar-refractivity contribution < 1.29 is 30.6 Å². The highest BCUT2D eigenvalue weighted by Gasteiger charge is 2.46. The van der Waals surface area contributed by atoms with Gasteiger partial charge >= 0.3 is 5.97 Å². The molecule has 2 aromatic rings. The summed E-state index contributed by atoms with van der Waals surface area (Å²) in [4.78, 5) is 12.4. The van der Waals surface area contributed by atoms with E-state index < -0.39 is 38.3 Å². The van der Waals surface area contributed by atoms with E-state index in [9.17, 15) is 21.6 Å². The molecule has 1 fully saturated rings. The number of esters is 1. The summed E-state index contributed by atoms with van der Waals surface area (Å²) < 4.78 is 63.0. The van der Waals surface area contributed by atoms with E-state index in [2.05, 4.69) is 0 Å². The number of nitrogens with zero attached hydrogens (tertiary/aromatic N) is 1. The first kappa shape index (κ1) is 23.4. The highest BCUT2D eigenvalue weighted by atomic mass is 32.2. The molecular weight excluding hydrogens is 442 g/mol. The number of carbonyl (C=O) groups excluding carboxylic acids is 1. The number of sulfonamides is 1. The lowest BCUT2D eigenvalue weighted by Crippen LogP contribution is -2.41. The van der Waals surface area contributed by atoms with Crippen LogP contribution in [0.15, 0.2) is 58.3 Å². The highest BCUT2D eigenvalue weighted by molar-refractivity contribution is 7.89. The van der Waals surface area contributed by atoms with Gasteiger partial charge in [0.05, 0.1) is 22.5 Å². The number of ether oxygens (including phenoxy) is 1. The second kappa shape index (κ2) is 9.07. The minimum Gasteiger partial charge on any atom is -0.465 e. The first-order chi connectivity index (χ1) is 14.5. The first-order valence-electron chi connectivity index (χ1n) is 9.79. The normalized spacial score (nSPS) is 20.0. The third kappa shape index (κ3) is 5.15. The van der Waals surface area contributed by atoms with E-state index >= 15 is 0 Å². The van der Waals surface area contributed by atoms with Crippen molar-refractivity contribution in [1.82, 2.24) is 4.31 Å². The lowest BCUT2D eigenvalue weighted by atomic mass is 10.2. The second-order valence-corrected chi connectivity index (χ2v) is 10.8. The van der Waals surface area contributed by atoms with Gasteiger partial charge in [-0.25, -0.2) is 8.42 Å². The minimum absolute atomic E-state index is 0.00874. The van der Waals surface area contributed by atoms with Crippen molar-refractivity contribution in [3.63, 3.8) is 0 Å². The number of carbonyl (C=O) groups is 1. The lowest BCUT2D eigenvalue weighted by Gasteiger charge is -2.22.